The molecule has 1 saturated heterocycles. The van der Waals surface area contributed by atoms with Crippen LogP contribution in [0.1, 0.15) is 6.92 Å². The van der Waals surface area contributed by atoms with Crippen LogP contribution in [0.25, 0.3) is 0 Å². The van der Waals surface area contributed by atoms with Gasteiger partial charge in [0.1, 0.15) is 5.60 Å². The van der Waals surface area contributed by atoms with Gasteiger partial charge in [0.2, 0.25) is 0 Å². The maximum Gasteiger partial charge on any atom is 0.105 e. The van der Waals surface area contributed by atoms with E-state index in [9.17, 15) is 0 Å². The lowest BCUT2D eigenvalue weighted by Crippen LogP contribution is -2.45. The number of rotatable bonds is 5. The summed E-state index contributed by atoms with van der Waals surface area (Å²) >= 11 is 0. The maximum atomic E-state index is 5.83. The molecule has 11 heavy (non-hydrogen) atoms. The number of hydrogen-bond acceptors (Lipinski definition) is 4. The highest BCUT2D eigenvalue weighted by atomic mass is 16.6. The van der Waals surface area contributed by atoms with Crippen molar-refractivity contribution < 1.29 is 4.74 Å². The molecule has 4 nitrogen and oxygen atoms in total. The molecule has 0 saturated carbocycles. The molecule has 1 rings (SSSR count). The van der Waals surface area contributed by atoms with Crippen molar-refractivity contribution in [3.05, 3.63) is 0 Å². The Kier molecular flexibility index (Phi) is 2.84. The van der Waals surface area contributed by atoms with Gasteiger partial charge in [-0.1, -0.05) is 0 Å². The van der Waals surface area contributed by atoms with Crippen LogP contribution < -0.4 is 16.8 Å². The molecule has 66 valence electrons. The molecule has 1 aliphatic heterocycles. The number of nitrogens with one attached hydrogen (secondary N) is 1. The van der Waals surface area contributed by atoms with Crippen molar-refractivity contribution in [2.75, 3.05) is 26.2 Å². The van der Waals surface area contributed by atoms with Crippen molar-refractivity contribution in [2.24, 2.45) is 11.5 Å². The van der Waals surface area contributed by atoms with Crippen molar-refractivity contribution >= 4 is 0 Å². The van der Waals surface area contributed by atoms with Crippen LogP contribution in [0.3, 0.4) is 0 Å². The summed E-state index contributed by atoms with van der Waals surface area (Å²) in [5.74, 6) is 0. The van der Waals surface area contributed by atoms with Crippen LogP contribution in [0.15, 0.2) is 0 Å². The fourth-order valence-electron chi connectivity index (χ4n) is 0.903. The normalized spacial score (nSPS) is 31.9. The molecule has 5 N–H and O–H groups in total. The van der Waals surface area contributed by atoms with Crippen molar-refractivity contribution in [3.63, 3.8) is 0 Å². The smallest absolute Gasteiger partial charge is 0.105 e. The molecule has 1 heterocycles. The fourth-order valence-corrected chi connectivity index (χ4v) is 0.903. The van der Waals surface area contributed by atoms with Gasteiger partial charge in [-0.15, -0.1) is 0 Å². The summed E-state index contributed by atoms with van der Waals surface area (Å²) in [6.07, 6.45) is 0. The summed E-state index contributed by atoms with van der Waals surface area (Å²) in [6, 6.07) is 0.0917. The zero-order valence-electron chi connectivity index (χ0n) is 6.97. The van der Waals surface area contributed by atoms with E-state index in [4.69, 9.17) is 16.2 Å². The first-order valence-corrected chi connectivity index (χ1v) is 3.99. The molecule has 4 heteroatoms. The number of epoxide rings is 1. The Bertz CT molecular complexity index is 125. The highest BCUT2D eigenvalue weighted by Crippen LogP contribution is 2.28. The zero-order chi connectivity index (χ0) is 8.32. The molecule has 2 unspecified atom stereocenters. The summed E-state index contributed by atoms with van der Waals surface area (Å²) in [6.45, 7) is 5.09. The average molecular weight is 159 g/mol. The van der Waals surface area contributed by atoms with Gasteiger partial charge in [0, 0.05) is 25.7 Å². The van der Waals surface area contributed by atoms with Crippen LogP contribution >= 0.6 is 0 Å². The highest BCUT2D eigenvalue weighted by Gasteiger charge is 2.44. The monoisotopic (exact) mass is 159 g/mol. The minimum atomic E-state index is -0.0679. The minimum Gasteiger partial charge on any atom is -0.368 e. The van der Waals surface area contributed by atoms with Crippen LogP contribution in [0.4, 0.5) is 0 Å². The van der Waals surface area contributed by atoms with Gasteiger partial charge in [0.05, 0.1) is 6.61 Å². The van der Waals surface area contributed by atoms with Crippen molar-refractivity contribution in [1.29, 1.82) is 0 Å². The first-order chi connectivity index (χ1) is 5.19. The van der Waals surface area contributed by atoms with Gasteiger partial charge in [-0.05, 0) is 6.92 Å². The number of nitrogens with two attached hydrogens (primary N) is 2. The van der Waals surface area contributed by atoms with E-state index in [2.05, 4.69) is 5.32 Å². The Morgan fingerprint density at radius 3 is 2.82 bits per heavy atom. The molecular weight excluding hydrogens is 142 g/mol. The van der Waals surface area contributed by atoms with Crippen LogP contribution in [-0.2, 0) is 4.74 Å². The van der Waals surface area contributed by atoms with Gasteiger partial charge in [0.15, 0.2) is 0 Å². The second-order valence-corrected chi connectivity index (χ2v) is 3.20. The third-order valence-corrected chi connectivity index (χ3v) is 2.07. The fraction of sp³-hybridized carbons (Fsp3) is 1.00. The molecular formula is C7H17N3O. The predicted octanol–water partition coefficient (Wildman–Crippen LogP) is -1.35. The molecule has 0 aromatic rings. The zero-order valence-corrected chi connectivity index (χ0v) is 6.97. The standard InChI is InChI=1S/C7H17N3O/c1-7(5-11-7)6(9)4-10-3-2-8/h6,10H,2-5,8-9H2,1H3. The lowest BCUT2D eigenvalue weighted by Gasteiger charge is -2.15. The second-order valence-electron chi connectivity index (χ2n) is 3.20. The van der Waals surface area contributed by atoms with Gasteiger partial charge in [0.25, 0.3) is 0 Å². The van der Waals surface area contributed by atoms with E-state index in [0.717, 1.165) is 19.7 Å². The molecule has 0 aromatic carbocycles. The Labute approximate surface area is 67.3 Å². The molecule has 0 amide bonds. The first kappa shape index (κ1) is 8.93. The Hall–Kier alpha value is -0.160. The third-order valence-electron chi connectivity index (χ3n) is 2.07. The first-order valence-electron chi connectivity index (χ1n) is 3.99. The van der Waals surface area contributed by atoms with Crippen molar-refractivity contribution in [1.82, 2.24) is 5.32 Å². The summed E-state index contributed by atoms with van der Waals surface area (Å²) in [7, 11) is 0. The van der Waals surface area contributed by atoms with E-state index in [1.54, 1.807) is 0 Å². The van der Waals surface area contributed by atoms with E-state index < -0.39 is 0 Å². The molecule has 0 spiro atoms. The van der Waals surface area contributed by atoms with Gasteiger partial charge < -0.3 is 21.5 Å². The van der Waals surface area contributed by atoms with E-state index in [1.165, 1.54) is 0 Å². The molecule has 0 bridgehead atoms. The lowest BCUT2D eigenvalue weighted by atomic mass is 10.0. The number of ether oxygens (including phenoxy) is 1. The molecule has 1 aliphatic rings. The molecule has 0 aliphatic carbocycles. The van der Waals surface area contributed by atoms with Crippen LogP contribution in [0, 0.1) is 0 Å². The van der Waals surface area contributed by atoms with Gasteiger partial charge in [-0.3, -0.25) is 0 Å². The van der Waals surface area contributed by atoms with E-state index in [0.29, 0.717) is 6.54 Å². The highest BCUT2D eigenvalue weighted by molar-refractivity contribution is 4.97. The van der Waals surface area contributed by atoms with Crippen molar-refractivity contribution in [2.45, 2.75) is 18.6 Å². The van der Waals surface area contributed by atoms with Gasteiger partial charge >= 0.3 is 0 Å². The van der Waals surface area contributed by atoms with Crippen LogP contribution in [0.2, 0.25) is 0 Å². The minimum absolute atomic E-state index is 0.0679. The maximum absolute atomic E-state index is 5.83. The third kappa shape index (κ3) is 2.41. The van der Waals surface area contributed by atoms with Crippen LogP contribution in [-0.4, -0.2) is 37.9 Å². The van der Waals surface area contributed by atoms with E-state index >= 15 is 0 Å². The van der Waals surface area contributed by atoms with Crippen LogP contribution in [0.5, 0.6) is 0 Å². The Balaban J connectivity index is 2.06. The molecule has 2 atom stereocenters. The SMILES string of the molecule is CC1(C(N)CNCCN)CO1. The van der Waals surface area contributed by atoms with E-state index in [1.807, 2.05) is 6.92 Å². The predicted molar refractivity (Wildman–Crippen MR) is 44.3 cm³/mol. The summed E-state index contributed by atoms with van der Waals surface area (Å²) < 4.78 is 5.19. The number of hydrogen-bond donors (Lipinski definition) is 3. The van der Waals surface area contributed by atoms with Crippen molar-refractivity contribution in [3.8, 4) is 0 Å². The molecule has 1 fully saturated rings. The molecule has 0 aromatic heterocycles. The summed E-state index contributed by atoms with van der Waals surface area (Å²) in [5, 5.41) is 3.15. The van der Waals surface area contributed by atoms with Gasteiger partial charge in [-0.25, -0.2) is 0 Å². The lowest BCUT2D eigenvalue weighted by molar-refractivity contribution is 0.277. The van der Waals surface area contributed by atoms with E-state index in [-0.39, 0.29) is 11.6 Å². The quantitative estimate of drug-likeness (QED) is 0.342. The van der Waals surface area contributed by atoms with Gasteiger partial charge in [-0.2, -0.15) is 0 Å². The Morgan fingerprint density at radius 1 is 1.73 bits per heavy atom. The second kappa shape index (κ2) is 3.49. The molecule has 0 radical (unpaired) electrons. The largest absolute Gasteiger partial charge is 0.368 e. The topological polar surface area (TPSA) is 76.6 Å². The summed E-state index contributed by atoms with van der Waals surface area (Å²) in [5.41, 5.74) is 11.1. The summed E-state index contributed by atoms with van der Waals surface area (Å²) in [4.78, 5) is 0. The average Bonchev–Trinajstić information content (AvgIpc) is 2.70. The Morgan fingerprint density at radius 2 is 2.36 bits per heavy atom.